The molecule has 18 heavy (non-hydrogen) atoms. The summed E-state index contributed by atoms with van der Waals surface area (Å²) in [5, 5.41) is 4.06. The summed E-state index contributed by atoms with van der Waals surface area (Å²) in [7, 11) is 1.81. The van der Waals surface area contributed by atoms with Crippen LogP contribution in [-0.4, -0.2) is 39.7 Å². The van der Waals surface area contributed by atoms with Gasteiger partial charge in [0.1, 0.15) is 5.69 Å². The SMILES string of the molecule is Cn1nccc1C(=O)N1C[C@H]2CCC(N)C[C@H]2C1. The first-order valence-electron chi connectivity index (χ1n) is 6.68. The van der Waals surface area contributed by atoms with Crippen molar-refractivity contribution in [1.82, 2.24) is 14.7 Å². The van der Waals surface area contributed by atoms with Crippen LogP contribution in [0, 0.1) is 11.8 Å². The summed E-state index contributed by atoms with van der Waals surface area (Å²) in [5.41, 5.74) is 6.69. The fraction of sp³-hybridized carbons (Fsp3) is 0.692. The number of likely N-dealkylation sites (tertiary alicyclic amines) is 1. The molecule has 2 heterocycles. The van der Waals surface area contributed by atoms with Gasteiger partial charge in [-0.2, -0.15) is 5.10 Å². The van der Waals surface area contributed by atoms with Crippen LogP contribution in [0.3, 0.4) is 0 Å². The van der Waals surface area contributed by atoms with Crippen molar-refractivity contribution < 1.29 is 4.79 Å². The normalized spacial score (nSPS) is 31.4. The molecule has 1 aliphatic heterocycles. The van der Waals surface area contributed by atoms with Crippen LogP contribution in [0.5, 0.6) is 0 Å². The molecule has 1 amide bonds. The van der Waals surface area contributed by atoms with E-state index in [0.29, 0.717) is 23.6 Å². The lowest BCUT2D eigenvalue weighted by Gasteiger charge is -2.27. The first-order valence-corrected chi connectivity index (χ1v) is 6.68. The van der Waals surface area contributed by atoms with Crippen LogP contribution in [-0.2, 0) is 7.05 Å². The molecular weight excluding hydrogens is 228 g/mol. The Labute approximate surface area is 107 Å². The van der Waals surface area contributed by atoms with E-state index in [1.165, 1.54) is 6.42 Å². The van der Waals surface area contributed by atoms with Crippen LogP contribution < -0.4 is 5.73 Å². The smallest absolute Gasteiger partial charge is 0.272 e. The number of amides is 1. The number of carbonyl (C=O) groups is 1. The van der Waals surface area contributed by atoms with Gasteiger partial charge in [-0.25, -0.2) is 0 Å². The van der Waals surface area contributed by atoms with Gasteiger partial charge in [-0.1, -0.05) is 0 Å². The summed E-state index contributed by atoms with van der Waals surface area (Å²) in [6, 6.07) is 2.12. The number of nitrogens with two attached hydrogens (primary N) is 1. The van der Waals surface area contributed by atoms with Crippen LogP contribution in [0.1, 0.15) is 29.8 Å². The van der Waals surface area contributed by atoms with Gasteiger partial charge in [-0.3, -0.25) is 9.48 Å². The highest BCUT2D eigenvalue weighted by atomic mass is 16.2. The van der Waals surface area contributed by atoms with Crippen LogP contribution in [0.15, 0.2) is 12.3 Å². The Morgan fingerprint density at radius 1 is 1.39 bits per heavy atom. The molecule has 98 valence electrons. The molecular formula is C13H20N4O. The number of carbonyl (C=O) groups excluding carboxylic acids is 1. The van der Waals surface area contributed by atoms with Crippen molar-refractivity contribution in [3.8, 4) is 0 Å². The van der Waals surface area contributed by atoms with Crippen molar-refractivity contribution in [2.45, 2.75) is 25.3 Å². The fourth-order valence-electron chi connectivity index (χ4n) is 3.38. The Morgan fingerprint density at radius 3 is 2.89 bits per heavy atom. The molecule has 0 radical (unpaired) electrons. The highest BCUT2D eigenvalue weighted by molar-refractivity contribution is 5.92. The molecule has 1 aromatic rings. The second-order valence-corrected chi connectivity index (χ2v) is 5.64. The van der Waals surface area contributed by atoms with Gasteiger partial charge < -0.3 is 10.6 Å². The standard InChI is InChI=1S/C13H20N4O/c1-16-12(4-5-15-16)13(18)17-7-9-2-3-11(14)6-10(9)8-17/h4-5,9-11H,2-3,6-8,14H2,1H3/t9-,10+,11?/m1/s1. The number of nitrogens with zero attached hydrogens (tertiary/aromatic N) is 3. The second-order valence-electron chi connectivity index (χ2n) is 5.64. The second kappa shape index (κ2) is 4.39. The van der Waals surface area contributed by atoms with Gasteiger partial charge in [0.2, 0.25) is 0 Å². The third-order valence-corrected chi connectivity index (χ3v) is 4.42. The van der Waals surface area contributed by atoms with E-state index in [0.717, 1.165) is 25.9 Å². The molecule has 1 aromatic heterocycles. The maximum atomic E-state index is 12.4. The Kier molecular flexibility index (Phi) is 2.86. The predicted molar refractivity (Wildman–Crippen MR) is 67.9 cm³/mol. The first kappa shape index (κ1) is 11.7. The lowest BCUT2D eigenvalue weighted by Crippen LogP contribution is -2.32. The van der Waals surface area contributed by atoms with Crippen molar-refractivity contribution in [2.24, 2.45) is 24.6 Å². The average molecular weight is 248 g/mol. The van der Waals surface area contributed by atoms with Crippen molar-refractivity contribution in [1.29, 1.82) is 0 Å². The van der Waals surface area contributed by atoms with E-state index in [9.17, 15) is 4.79 Å². The van der Waals surface area contributed by atoms with Crippen molar-refractivity contribution >= 4 is 5.91 Å². The summed E-state index contributed by atoms with van der Waals surface area (Å²) >= 11 is 0. The predicted octanol–water partition coefficient (Wildman–Crippen LogP) is 0.620. The topological polar surface area (TPSA) is 64.2 Å². The number of hydrogen-bond donors (Lipinski definition) is 1. The van der Waals surface area contributed by atoms with E-state index in [-0.39, 0.29) is 5.91 Å². The van der Waals surface area contributed by atoms with Crippen molar-refractivity contribution in [3.05, 3.63) is 18.0 Å². The van der Waals surface area contributed by atoms with E-state index < -0.39 is 0 Å². The average Bonchev–Trinajstić information content (AvgIpc) is 2.93. The lowest BCUT2D eigenvalue weighted by molar-refractivity contribution is 0.0773. The zero-order chi connectivity index (χ0) is 12.7. The third-order valence-electron chi connectivity index (χ3n) is 4.42. The quantitative estimate of drug-likeness (QED) is 0.792. The minimum Gasteiger partial charge on any atom is -0.337 e. The fourth-order valence-corrected chi connectivity index (χ4v) is 3.38. The molecule has 5 heteroatoms. The van der Waals surface area contributed by atoms with Crippen LogP contribution in [0.2, 0.25) is 0 Å². The molecule has 0 spiro atoms. The van der Waals surface area contributed by atoms with Gasteiger partial charge in [0.05, 0.1) is 0 Å². The summed E-state index contributed by atoms with van der Waals surface area (Å²) in [4.78, 5) is 14.4. The molecule has 2 N–H and O–H groups in total. The number of aryl methyl sites for hydroxylation is 1. The van der Waals surface area contributed by atoms with Gasteiger partial charge in [0.15, 0.2) is 0 Å². The van der Waals surface area contributed by atoms with Gasteiger partial charge >= 0.3 is 0 Å². The third kappa shape index (κ3) is 1.92. The molecule has 1 aliphatic carbocycles. The highest BCUT2D eigenvalue weighted by Gasteiger charge is 2.39. The number of fused-ring (bicyclic) bond motifs is 1. The molecule has 3 atom stereocenters. The first-order chi connectivity index (χ1) is 8.65. The minimum absolute atomic E-state index is 0.109. The number of aromatic nitrogens is 2. The van der Waals surface area contributed by atoms with E-state index in [1.807, 2.05) is 11.9 Å². The zero-order valence-electron chi connectivity index (χ0n) is 10.7. The molecule has 0 aromatic carbocycles. The van der Waals surface area contributed by atoms with E-state index in [1.54, 1.807) is 16.9 Å². The molecule has 3 rings (SSSR count). The van der Waals surface area contributed by atoms with Gasteiger partial charge in [-0.15, -0.1) is 0 Å². The maximum Gasteiger partial charge on any atom is 0.272 e. The van der Waals surface area contributed by atoms with Gasteiger partial charge in [-0.05, 0) is 37.2 Å². The molecule has 1 saturated carbocycles. The number of rotatable bonds is 1. The summed E-state index contributed by atoms with van der Waals surface area (Å²) in [6.45, 7) is 1.75. The maximum absolute atomic E-state index is 12.4. The monoisotopic (exact) mass is 248 g/mol. The lowest BCUT2D eigenvalue weighted by atomic mass is 9.79. The highest BCUT2D eigenvalue weighted by Crippen LogP contribution is 2.36. The zero-order valence-corrected chi connectivity index (χ0v) is 10.7. The van der Waals surface area contributed by atoms with E-state index in [4.69, 9.17) is 5.73 Å². The molecule has 1 saturated heterocycles. The van der Waals surface area contributed by atoms with Crippen molar-refractivity contribution in [2.75, 3.05) is 13.1 Å². The Morgan fingerprint density at radius 2 is 2.17 bits per heavy atom. The van der Waals surface area contributed by atoms with Crippen molar-refractivity contribution in [3.63, 3.8) is 0 Å². The Hall–Kier alpha value is -1.36. The molecule has 1 unspecified atom stereocenters. The van der Waals surface area contributed by atoms with Crippen LogP contribution in [0.25, 0.3) is 0 Å². The number of hydrogen-bond acceptors (Lipinski definition) is 3. The van der Waals surface area contributed by atoms with Crippen LogP contribution >= 0.6 is 0 Å². The molecule has 2 fully saturated rings. The molecule has 0 bridgehead atoms. The Bertz CT molecular complexity index is 456. The summed E-state index contributed by atoms with van der Waals surface area (Å²) in [6.07, 6.45) is 5.02. The summed E-state index contributed by atoms with van der Waals surface area (Å²) in [5.74, 6) is 1.37. The van der Waals surface area contributed by atoms with E-state index in [2.05, 4.69) is 5.10 Å². The van der Waals surface area contributed by atoms with Gasteiger partial charge in [0.25, 0.3) is 5.91 Å². The Balaban J connectivity index is 1.72. The van der Waals surface area contributed by atoms with Crippen LogP contribution in [0.4, 0.5) is 0 Å². The van der Waals surface area contributed by atoms with Gasteiger partial charge in [0, 0.05) is 32.4 Å². The minimum atomic E-state index is 0.109. The summed E-state index contributed by atoms with van der Waals surface area (Å²) < 4.78 is 1.65. The largest absolute Gasteiger partial charge is 0.337 e. The van der Waals surface area contributed by atoms with E-state index >= 15 is 0 Å². The molecule has 5 nitrogen and oxygen atoms in total. The molecule has 2 aliphatic rings.